The number of aromatic hydroxyl groups is 1. The van der Waals surface area contributed by atoms with Crippen molar-refractivity contribution in [2.45, 2.75) is 39.3 Å². The van der Waals surface area contributed by atoms with Crippen LogP contribution in [0.5, 0.6) is 5.75 Å². The molecule has 1 atom stereocenters. The van der Waals surface area contributed by atoms with Crippen LogP contribution in [0.25, 0.3) is 0 Å². The lowest BCUT2D eigenvalue weighted by molar-refractivity contribution is 0.160. The average Bonchev–Trinajstić information content (AvgIpc) is 2.25. The minimum atomic E-state index is -0.331. The van der Waals surface area contributed by atoms with Gasteiger partial charge in [-0.1, -0.05) is 24.9 Å². The molecule has 1 unspecified atom stereocenters. The van der Waals surface area contributed by atoms with E-state index in [4.69, 9.17) is 11.6 Å². The fourth-order valence-corrected chi connectivity index (χ4v) is 2.04. The normalized spacial score (nSPS) is 12.7. The Hall–Kier alpha value is -0.770. The van der Waals surface area contributed by atoms with E-state index in [2.05, 4.69) is 5.32 Å². The fraction of sp³-hybridized carbons (Fsp3) is 0.538. The van der Waals surface area contributed by atoms with Crippen LogP contribution in [-0.4, -0.2) is 22.9 Å². The zero-order valence-electron chi connectivity index (χ0n) is 10.3. The number of phenolic OH excluding ortho intramolecular Hbond substituents is 1. The molecule has 1 aromatic carbocycles. The lowest BCUT2D eigenvalue weighted by Gasteiger charge is -2.12. The highest BCUT2D eigenvalue weighted by Gasteiger charge is 2.07. The van der Waals surface area contributed by atoms with Gasteiger partial charge in [0.1, 0.15) is 5.75 Å². The standard InChI is InChI=1S/C13H20ClNO2/c1-3-4-12(16)8-15-7-10-6-11(14)5-9(2)13(10)17/h5-6,12,15-17H,3-4,7-8H2,1-2H3. The Bertz CT molecular complexity index is 369. The molecule has 0 aliphatic heterocycles. The molecule has 0 radical (unpaired) electrons. The Morgan fingerprint density at radius 2 is 2.12 bits per heavy atom. The highest BCUT2D eigenvalue weighted by atomic mass is 35.5. The number of benzene rings is 1. The van der Waals surface area contributed by atoms with Gasteiger partial charge in [-0.15, -0.1) is 0 Å². The molecule has 4 heteroatoms. The Labute approximate surface area is 107 Å². The molecule has 3 N–H and O–H groups in total. The van der Waals surface area contributed by atoms with Crippen LogP contribution in [0.1, 0.15) is 30.9 Å². The number of nitrogens with one attached hydrogen (secondary N) is 1. The summed E-state index contributed by atoms with van der Waals surface area (Å²) in [6.45, 7) is 4.89. The van der Waals surface area contributed by atoms with E-state index in [1.807, 2.05) is 13.8 Å². The molecule has 1 rings (SSSR count). The summed E-state index contributed by atoms with van der Waals surface area (Å²) < 4.78 is 0. The number of aryl methyl sites for hydroxylation is 1. The molecule has 0 fully saturated rings. The molecule has 0 amide bonds. The zero-order chi connectivity index (χ0) is 12.8. The van der Waals surface area contributed by atoms with Crippen molar-refractivity contribution in [3.05, 3.63) is 28.3 Å². The van der Waals surface area contributed by atoms with Gasteiger partial charge in [-0.05, 0) is 31.0 Å². The van der Waals surface area contributed by atoms with Crippen LogP contribution in [0.3, 0.4) is 0 Å². The third kappa shape index (κ3) is 4.54. The number of hydrogen-bond acceptors (Lipinski definition) is 3. The van der Waals surface area contributed by atoms with E-state index >= 15 is 0 Å². The van der Waals surface area contributed by atoms with Gasteiger partial charge in [0.15, 0.2) is 0 Å². The van der Waals surface area contributed by atoms with E-state index in [1.165, 1.54) is 0 Å². The largest absolute Gasteiger partial charge is 0.507 e. The van der Waals surface area contributed by atoms with Crippen LogP contribution in [0.15, 0.2) is 12.1 Å². The molecule has 17 heavy (non-hydrogen) atoms. The Kier molecular flexibility index (Phi) is 5.75. The van der Waals surface area contributed by atoms with E-state index < -0.39 is 0 Å². The maximum absolute atomic E-state index is 9.83. The predicted molar refractivity (Wildman–Crippen MR) is 70.5 cm³/mol. The van der Waals surface area contributed by atoms with Crippen molar-refractivity contribution in [2.24, 2.45) is 0 Å². The lowest BCUT2D eigenvalue weighted by atomic mass is 10.1. The van der Waals surface area contributed by atoms with Crippen LogP contribution in [0, 0.1) is 6.92 Å². The van der Waals surface area contributed by atoms with Gasteiger partial charge in [-0.3, -0.25) is 0 Å². The molecule has 0 bridgehead atoms. The van der Waals surface area contributed by atoms with E-state index in [-0.39, 0.29) is 11.9 Å². The van der Waals surface area contributed by atoms with Crippen molar-refractivity contribution < 1.29 is 10.2 Å². The van der Waals surface area contributed by atoms with Gasteiger partial charge < -0.3 is 15.5 Å². The molecule has 0 saturated carbocycles. The van der Waals surface area contributed by atoms with Gasteiger partial charge in [-0.2, -0.15) is 0 Å². The summed E-state index contributed by atoms with van der Waals surface area (Å²) in [5.41, 5.74) is 1.53. The highest BCUT2D eigenvalue weighted by molar-refractivity contribution is 6.30. The van der Waals surface area contributed by atoms with Crippen molar-refractivity contribution >= 4 is 11.6 Å². The molecule has 3 nitrogen and oxygen atoms in total. The summed E-state index contributed by atoms with van der Waals surface area (Å²) in [6, 6.07) is 3.47. The van der Waals surface area contributed by atoms with Crippen molar-refractivity contribution in [1.29, 1.82) is 0 Å². The van der Waals surface area contributed by atoms with Crippen LogP contribution < -0.4 is 5.32 Å². The third-order valence-corrected chi connectivity index (χ3v) is 2.88. The lowest BCUT2D eigenvalue weighted by Crippen LogP contribution is -2.26. The fourth-order valence-electron chi connectivity index (χ4n) is 1.75. The number of hydrogen-bond donors (Lipinski definition) is 3. The van der Waals surface area contributed by atoms with E-state index in [1.54, 1.807) is 12.1 Å². The number of aliphatic hydroxyl groups excluding tert-OH is 1. The predicted octanol–water partition coefficient (Wildman–Crippen LogP) is 2.60. The second kappa shape index (κ2) is 6.84. The first kappa shape index (κ1) is 14.3. The topological polar surface area (TPSA) is 52.5 Å². The maximum atomic E-state index is 9.83. The summed E-state index contributed by atoms with van der Waals surface area (Å²) in [5.74, 6) is 0.270. The smallest absolute Gasteiger partial charge is 0.123 e. The number of phenols is 1. The molecular weight excluding hydrogens is 238 g/mol. The van der Waals surface area contributed by atoms with Gasteiger partial charge in [-0.25, -0.2) is 0 Å². The van der Waals surface area contributed by atoms with Crippen LogP contribution in [0.4, 0.5) is 0 Å². The van der Waals surface area contributed by atoms with Crippen LogP contribution >= 0.6 is 11.6 Å². The molecular formula is C13H20ClNO2. The van der Waals surface area contributed by atoms with Gasteiger partial charge in [0, 0.05) is 23.7 Å². The van der Waals surface area contributed by atoms with E-state index in [0.29, 0.717) is 18.1 Å². The summed E-state index contributed by atoms with van der Waals surface area (Å²) in [6.07, 6.45) is 1.42. The summed E-state index contributed by atoms with van der Waals surface area (Å²) in [5, 5.41) is 23.1. The highest BCUT2D eigenvalue weighted by Crippen LogP contribution is 2.26. The molecule has 1 aromatic rings. The van der Waals surface area contributed by atoms with Gasteiger partial charge >= 0.3 is 0 Å². The Morgan fingerprint density at radius 1 is 1.41 bits per heavy atom. The Balaban J connectivity index is 2.52. The molecule has 0 spiro atoms. The summed E-state index contributed by atoms with van der Waals surface area (Å²) in [7, 11) is 0. The van der Waals surface area contributed by atoms with Crippen molar-refractivity contribution in [3.8, 4) is 5.75 Å². The van der Waals surface area contributed by atoms with Gasteiger partial charge in [0.25, 0.3) is 0 Å². The first-order valence-corrected chi connectivity index (χ1v) is 6.29. The van der Waals surface area contributed by atoms with E-state index in [9.17, 15) is 10.2 Å². The molecule has 0 aromatic heterocycles. The third-order valence-electron chi connectivity index (χ3n) is 2.66. The van der Waals surface area contributed by atoms with E-state index in [0.717, 1.165) is 24.0 Å². The van der Waals surface area contributed by atoms with Gasteiger partial charge in [0.2, 0.25) is 0 Å². The zero-order valence-corrected chi connectivity index (χ0v) is 11.1. The summed E-state index contributed by atoms with van der Waals surface area (Å²) >= 11 is 5.93. The minimum absolute atomic E-state index is 0.270. The molecule has 0 aliphatic carbocycles. The maximum Gasteiger partial charge on any atom is 0.123 e. The van der Waals surface area contributed by atoms with Crippen molar-refractivity contribution in [2.75, 3.05) is 6.54 Å². The Morgan fingerprint density at radius 3 is 2.76 bits per heavy atom. The van der Waals surface area contributed by atoms with Crippen LogP contribution in [0.2, 0.25) is 5.02 Å². The minimum Gasteiger partial charge on any atom is -0.507 e. The van der Waals surface area contributed by atoms with Crippen molar-refractivity contribution in [1.82, 2.24) is 5.32 Å². The SMILES string of the molecule is CCCC(O)CNCc1cc(Cl)cc(C)c1O. The summed E-state index contributed by atoms with van der Waals surface area (Å²) in [4.78, 5) is 0. The quantitative estimate of drug-likeness (QED) is 0.734. The van der Waals surface area contributed by atoms with Crippen LogP contribution in [-0.2, 0) is 6.54 Å². The molecule has 0 saturated heterocycles. The second-order valence-electron chi connectivity index (χ2n) is 4.30. The monoisotopic (exact) mass is 257 g/mol. The average molecular weight is 258 g/mol. The first-order chi connectivity index (χ1) is 8.04. The molecule has 0 heterocycles. The first-order valence-electron chi connectivity index (χ1n) is 5.91. The number of rotatable bonds is 6. The molecule has 96 valence electrons. The van der Waals surface area contributed by atoms with Crippen molar-refractivity contribution in [3.63, 3.8) is 0 Å². The number of aliphatic hydroxyl groups is 1. The molecule has 0 aliphatic rings. The number of halogens is 1. The second-order valence-corrected chi connectivity index (χ2v) is 4.74. The van der Waals surface area contributed by atoms with Gasteiger partial charge in [0.05, 0.1) is 6.10 Å².